The third-order valence-corrected chi connectivity index (χ3v) is 3.25. The van der Waals surface area contributed by atoms with Crippen molar-refractivity contribution in [1.82, 2.24) is 9.97 Å². The first-order valence-electron chi connectivity index (χ1n) is 5.75. The highest BCUT2D eigenvalue weighted by Gasteiger charge is 2.03. The van der Waals surface area contributed by atoms with Crippen LogP contribution in [-0.4, -0.2) is 21.4 Å². The number of nitrogens with two attached hydrogens (primary N) is 1. The summed E-state index contributed by atoms with van der Waals surface area (Å²) in [5.74, 6) is 0.786. The van der Waals surface area contributed by atoms with Crippen LogP contribution in [0.2, 0.25) is 5.02 Å². The van der Waals surface area contributed by atoms with Crippen molar-refractivity contribution < 1.29 is 4.74 Å². The molecule has 0 unspecified atom stereocenters. The van der Waals surface area contributed by atoms with E-state index in [0.29, 0.717) is 28.5 Å². The first kappa shape index (κ1) is 18.0. The van der Waals surface area contributed by atoms with Crippen molar-refractivity contribution >= 4 is 58.3 Å². The summed E-state index contributed by atoms with van der Waals surface area (Å²) in [5.41, 5.74) is 6.51. The second kappa shape index (κ2) is 9.06. The van der Waals surface area contributed by atoms with E-state index in [4.69, 9.17) is 22.1 Å². The van der Waals surface area contributed by atoms with Gasteiger partial charge >= 0.3 is 0 Å². The Bertz CT molecular complexity index is 627. The summed E-state index contributed by atoms with van der Waals surface area (Å²) in [6.45, 7) is 0.319. The summed E-state index contributed by atoms with van der Waals surface area (Å²) in [5, 5.41) is 1.07. The zero-order chi connectivity index (χ0) is 14.4. The van der Waals surface area contributed by atoms with Gasteiger partial charge in [0.2, 0.25) is 5.88 Å². The lowest BCUT2D eigenvalue weighted by Gasteiger charge is -2.06. The third-order valence-electron chi connectivity index (χ3n) is 2.37. The molecule has 0 atom stereocenters. The Morgan fingerprint density at radius 1 is 1.38 bits per heavy atom. The Morgan fingerprint density at radius 3 is 2.86 bits per heavy atom. The lowest BCUT2D eigenvalue weighted by Crippen LogP contribution is -2.05. The molecule has 21 heavy (non-hydrogen) atoms. The van der Waals surface area contributed by atoms with Crippen molar-refractivity contribution in [3.63, 3.8) is 0 Å². The van der Waals surface area contributed by atoms with Gasteiger partial charge in [0.05, 0.1) is 12.4 Å². The average molecular weight is 437 g/mol. The van der Waals surface area contributed by atoms with Crippen molar-refractivity contribution in [3.05, 3.63) is 47.2 Å². The van der Waals surface area contributed by atoms with Crippen LogP contribution in [-0.2, 0) is 6.61 Å². The van der Waals surface area contributed by atoms with Gasteiger partial charge in [-0.05, 0) is 12.3 Å². The summed E-state index contributed by atoms with van der Waals surface area (Å²) < 4.78 is 5.55. The highest BCUT2D eigenvalue weighted by Crippen LogP contribution is 2.18. The molecule has 0 bridgehead atoms. The van der Waals surface area contributed by atoms with Gasteiger partial charge in [-0.15, -0.1) is 24.0 Å². The van der Waals surface area contributed by atoms with E-state index in [0.717, 1.165) is 5.56 Å². The number of aliphatic imine (C=N–C) groups is 1. The van der Waals surface area contributed by atoms with E-state index in [-0.39, 0.29) is 24.0 Å². The lowest BCUT2D eigenvalue weighted by atomic mass is 10.2. The fourth-order valence-corrected chi connectivity index (χ4v) is 1.76. The van der Waals surface area contributed by atoms with E-state index < -0.39 is 0 Å². The molecular formula is C13H14ClIN4OS. The molecule has 1 heterocycles. The van der Waals surface area contributed by atoms with Crippen LogP contribution in [0.3, 0.4) is 0 Å². The molecule has 0 spiro atoms. The predicted molar refractivity (Wildman–Crippen MR) is 98.0 cm³/mol. The number of rotatable bonds is 4. The van der Waals surface area contributed by atoms with Crippen LogP contribution < -0.4 is 10.5 Å². The summed E-state index contributed by atoms with van der Waals surface area (Å²) in [4.78, 5) is 12.3. The number of thioether (sulfide) groups is 1. The van der Waals surface area contributed by atoms with E-state index >= 15 is 0 Å². The van der Waals surface area contributed by atoms with Crippen LogP contribution in [0.4, 0.5) is 5.82 Å². The van der Waals surface area contributed by atoms with Crippen LogP contribution in [0.15, 0.2) is 41.7 Å². The second-order valence-corrected chi connectivity index (χ2v) is 4.98. The first-order chi connectivity index (χ1) is 9.69. The van der Waals surface area contributed by atoms with Gasteiger partial charge in [-0.3, -0.25) is 4.98 Å². The normalized spacial score (nSPS) is 10.9. The Kier molecular flexibility index (Phi) is 7.76. The highest BCUT2D eigenvalue weighted by atomic mass is 127. The van der Waals surface area contributed by atoms with Crippen molar-refractivity contribution in [1.29, 1.82) is 0 Å². The Hall–Kier alpha value is -1.06. The van der Waals surface area contributed by atoms with Crippen LogP contribution in [0.25, 0.3) is 0 Å². The maximum atomic E-state index is 6.05. The van der Waals surface area contributed by atoms with Gasteiger partial charge in [-0.1, -0.05) is 41.6 Å². The van der Waals surface area contributed by atoms with Gasteiger partial charge in [0, 0.05) is 10.6 Å². The highest BCUT2D eigenvalue weighted by molar-refractivity contribution is 14.0. The average Bonchev–Trinajstić information content (AvgIpc) is 2.47. The number of amidine groups is 1. The molecule has 2 aromatic rings. The van der Waals surface area contributed by atoms with Crippen molar-refractivity contribution in [2.24, 2.45) is 10.7 Å². The lowest BCUT2D eigenvalue weighted by molar-refractivity contribution is 0.293. The van der Waals surface area contributed by atoms with Gasteiger partial charge < -0.3 is 10.5 Å². The summed E-state index contributed by atoms with van der Waals surface area (Å²) in [6.07, 6.45) is 4.88. The SMILES string of the molecule is CS/C(N)=N/c1cncc(OCc2ccccc2Cl)n1.I. The van der Waals surface area contributed by atoms with Crippen LogP contribution >= 0.6 is 47.3 Å². The van der Waals surface area contributed by atoms with E-state index in [1.54, 1.807) is 0 Å². The number of nitrogens with zero attached hydrogens (tertiary/aromatic N) is 3. The van der Waals surface area contributed by atoms with Crippen molar-refractivity contribution in [2.75, 3.05) is 6.26 Å². The minimum Gasteiger partial charge on any atom is -0.472 e. The molecule has 0 aliphatic heterocycles. The Labute approximate surface area is 149 Å². The molecule has 5 nitrogen and oxygen atoms in total. The van der Waals surface area contributed by atoms with E-state index in [1.807, 2.05) is 30.5 Å². The zero-order valence-corrected chi connectivity index (χ0v) is 15.1. The van der Waals surface area contributed by atoms with Crippen molar-refractivity contribution in [2.45, 2.75) is 6.61 Å². The van der Waals surface area contributed by atoms with Gasteiger partial charge in [-0.2, -0.15) is 4.98 Å². The fraction of sp³-hybridized carbons (Fsp3) is 0.154. The minimum absolute atomic E-state index is 0. The van der Waals surface area contributed by atoms with Crippen LogP contribution in [0, 0.1) is 0 Å². The third kappa shape index (κ3) is 5.68. The summed E-state index contributed by atoms with van der Waals surface area (Å²) >= 11 is 7.39. The van der Waals surface area contributed by atoms with Crippen LogP contribution in [0.1, 0.15) is 5.56 Å². The maximum absolute atomic E-state index is 6.05. The molecule has 0 saturated heterocycles. The maximum Gasteiger partial charge on any atom is 0.234 e. The smallest absolute Gasteiger partial charge is 0.234 e. The number of hydrogen-bond donors (Lipinski definition) is 1. The molecular weight excluding hydrogens is 423 g/mol. The largest absolute Gasteiger partial charge is 0.472 e. The molecule has 0 saturated carbocycles. The predicted octanol–water partition coefficient (Wildman–Crippen LogP) is 3.64. The second-order valence-electron chi connectivity index (χ2n) is 3.75. The molecule has 0 amide bonds. The Morgan fingerprint density at radius 2 is 2.14 bits per heavy atom. The number of hydrogen-bond acceptors (Lipinski definition) is 5. The number of halogens is 2. The first-order valence-corrected chi connectivity index (χ1v) is 7.35. The molecule has 0 aliphatic rings. The standard InChI is InChI=1S/C13H13ClN4OS.HI/c1-20-13(15)18-11-6-16-7-12(17-11)19-8-9-4-2-3-5-10(9)14;/h2-7H,8H2,1H3,(H2,15,17,18);1H. The molecule has 2 rings (SSSR count). The van der Waals surface area contributed by atoms with Crippen molar-refractivity contribution in [3.8, 4) is 5.88 Å². The van der Waals surface area contributed by atoms with E-state index in [1.165, 1.54) is 24.2 Å². The molecule has 1 aromatic carbocycles. The fourth-order valence-electron chi connectivity index (χ4n) is 1.39. The topological polar surface area (TPSA) is 73.4 Å². The van der Waals surface area contributed by atoms with Crippen LogP contribution in [0.5, 0.6) is 5.88 Å². The molecule has 0 radical (unpaired) electrons. The quantitative estimate of drug-likeness (QED) is 0.450. The van der Waals surface area contributed by atoms with Gasteiger partial charge in [-0.25, -0.2) is 4.99 Å². The summed E-state index contributed by atoms with van der Waals surface area (Å²) in [6, 6.07) is 7.47. The van der Waals surface area contributed by atoms with E-state index in [9.17, 15) is 0 Å². The summed E-state index contributed by atoms with van der Waals surface area (Å²) in [7, 11) is 0. The molecule has 1 aromatic heterocycles. The molecule has 0 aliphatic carbocycles. The molecule has 2 N–H and O–H groups in total. The molecule has 112 valence electrons. The number of ether oxygens (including phenoxy) is 1. The van der Waals surface area contributed by atoms with Gasteiger partial charge in [0.15, 0.2) is 11.0 Å². The number of benzene rings is 1. The van der Waals surface area contributed by atoms with Gasteiger partial charge in [0.1, 0.15) is 6.61 Å². The molecule has 8 heteroatoms. The Balaban J connectivity index is 0.00000220. The monoisotopic (exact) mass is 436 g/mol. The minimum atomic E-state index is 0. The zero-order valence-electron chi connectivity index (χ0n) is 11.2. The molecule has 0 fully saturated rings. The number of aromatic nitrogens is 2. The van der Waals surface area contributed by atoms with Gasteiger partial charge in [0.25, 0.3) is 0 Å². The van der Waals surface area contributed by atoms with E-state index in [2.05, 4.69) is 15.0 Å².